The maximum atomic E-state index is 13.3. The summed E-state index contributed by atoms with van der Waals surface area (Å²) in [6, 6.07) is 37.5. The van der Waals surface area contributed by atoms with Gasteiger partial charge in [-0.3, -0.25) is 24.5 Å². The lowest BCUT2D eigenvalue weighted by atomic mass is 10.1. The fourth-order valence-electron chi connectivity index (χ4n) is 4.28. The largest absolute Gasteiger partial charge is 0.457 e. The van der Waals surface area contributed by atoms with E-state index in [1.54, 1.807) is 84.9 Å². The zero-order valence-electron chi connectivity index (χ0n) is 24.8. The number of nitrogens with zero attached hydrogens (tertiary/aromatic N) is 1. The molecule has 5 aromatic rings. The predicted molar refractivity (Wildman–Crippen MR) is 182 cm³/mol. The van der Waals surface area contributed by atoms with Gasteiger partial charge in [-0.05, 0) is 84.9 Å². The van der Waals surface area contributed by atoms with Crippen LogP contribution in [0.2, 0.25) is 0 Å². The van der Waals surface area contributed by atoms with Gasteiger partial charge in [0.25, 0.3) is 17.5 Å². The maximum Gasteiger partial charge on any atom is 0.276 e. The molecule has 234 valence electrons. The lowest BCUT2D eigenvalue weighted by Crippen LogP contribution is -2.30. The molecule has 0 aliphatic carbocycles. The SMILES string of the molecule is O=C(CSc1ccc(NC(=O)/C(=C/c2ccccc2[N+](=O)[O-])NC(=O)c2ccccc2)cc1)Nc1ccc(Oc2ccccc2)cc1. The zero-order valence-corrected chi connectivity index (χ0v) is 25.6. The monoisotopic (exact) mass is 644 g/mol. The molecule has 3 amide bonds. The lowest BCUT2D eigenvalue weighted by Gasteiger charge is -2.12. The molecule has 3 N–H and O–H groups in total. The zero-order chi connectivity index (χ0) is 33.0. The summed E-state index contributed by atoms with van der Waals surface area (Å²) in [6.45, 7) is 0. The number of ether oxygens (including phenoxy) is 1. The van der Waals surface area contributed by atoms with E-state index in [-0.39, 0.29) is 28.6 Å². The first-order chi connectivity index (χ1) is 22.8. The van der Waals surface area contributed by atoms with E-state index in [1.165, 1.54) is 36.0 Å². The Morgan fingerprint density at radius 3 is 1.96 bits per heavy atom. The van der Waals surface area contributed by atoms with Gasteiger partial charge >= 0.3 is 0 Å². The average Bonchev–Trinajstić information content (AvgIpc) is 3.09. The standard InChI is InChI=1S/C36H28N4O6S/c41-34(37-27-15-19-30(20-16-27)46-29-12-5-2-6-13-29)24-47-31-21-17-28(18-22-31)38-36(43)32(39-35(42)25-9-3-1-4-10-25)23-26-11-7-8-14-33(26)40(44)45/h1-23H,24H2,(H,37,41)(H,38,43)(H,39,42)/b32-23-. The van der Waals surface area contributed by atoms with Crippen molar-refractivity contribution in [3.63, 3.8) is 0 Å². The number of thioether (sulfide) groups is 1. The van der Waals surface area contributed by atoms with E-state index >= 15 is 0 Å². The van der Waals surface area contributed by atoms with Crippen LogP contribution in [0.3, 0.4) is 0 Å². The average molecular weight is 645 g/mol. The molecule has 5 aromatic carbocycles. The number of nitro benzene ring substituents is 1. The van der Waals surface area contributed by atoms with Gasteiger partial charge in [0.15, 0.2) is 0 Å². The van der Waals surface area contributed by atoms with Gasteiger partial charge in [-0.2, -0.15) is 0 Å². The molecule has 0 fully saturated rings. The quantitative estimate of drug-likeness (QED) is 0.0552. The number of anilines is 2. The summed E-state index contributed by atoms with van der Waals surface area (Å²) in [5.74, 6) is 0.111. The predicted octanol–water partition coefficient (Wildman–Crippen LogP) is 7.53. The van der Waals surface area contributed by atoms with Crippen molar-refractivity contribution >= 4 is 52.6 Å². The van der Waals surface area contributed by atoms with Crippen LogP contribution in [0, 0.1) is 10.1 Å². The molecule has 11 heteroatoms. The molecule has 10 nitrogen and oxygen atoms in total. The number of hydrogen-bond acceptors (Lipinski definition) is 7. The summed E-state index contributed by atoms with van der Waals surface area (Å²) < 4.78 is 5.78. The van der Waals surface area contributed by atoms with Gasteiger partial charge < -0.3 is 20.7 Å². The second-order valence-corrected chi connectivity index (χ2v) is 11.0. The molecule has 0 aliphatic rings. The highest BCUT2D eigenvalue weighted by atomic mass is 32.2. The minimum absolute atomic E-state index is 0.150. The van der Waals surface area contributed by atoms with Crippen LogP contribution in [0.15, 0.2) is 144 Å². The number of carbonyl (C=O) groups excluding carboxylic acids is 3. The third kappa shape index (κ3) is 9.40. The number of rotatable bonds is 12. The molecule has 0 aliphatic heterocycles. The van der Waals surface area contributed by atoms with Crippen molar-refractivity contribution in [3.05, 3.63) is 160 Å². The van der Waals surface area contributed by atoms with E-state index in [2.05, 4.69) is 16.0 Å². The molecule has 0 unspecified atom stereocenters. The van der Waals surface area contributed by atoms with E-state index < -0.39 is 16.7 Å². The molecule has 0 saturated carbocycles. The number of para-hydroxylation sites is 2. The van der Waals surface area contributed by atoms with Crippen LogP contribution in [0.4, 0.5) is 17.1 Å². The van der Waals surface area contributed by atoms with Crippen molar-refractivity contribution in [2.24, 2.45) is 0 Å². The second kappa shape index (κ2) is 15.7. The third-order valence-corrected chi connectivity index (χ3v) is 7.57. The molecule has 0 atom stereocenters. The molecule has 0 radical (unpaired) electrons. The molecular weight excluding hydrogens is 616 g/mol. The molecule has 0 saturated heterocycles. The molecule has 0 bridgehead atoms. The number of hydrogen-bond donors (Lipinski definition) is 3. The highest BCUT2D eigenvalue weighted by Gasteiger charge is 2.18. The number of nitro groups is 1. The Bertz CT molecular complexity index is 1900. The van der Waals surface area contributed by atoms with Crippen LogP contribution in [0.5, 0.6) is 11.5 Å². The summed E-state index contributed by atoms with van der Waals surface area (Å²) in [7, 11) is 0. The van der Waals surface area contributed by atoms with Gasteiger partial charge in [-0.15, -0.1) is 11.8 Å². The Labute approximate surface area is 274 Å². The smallest absolute Gasteiger partial charge is 0.276 e. The van der Waals surface area contributed by atoms with Gasteiger partial charge in [-0.1, -0.05) is 48.5 Å². The number of amides is 3. The van der Waals surface area contributed by atoms with Crippen molar-refractivity contribution in [3.8, 4) is 11.5 Å². The van der Waals surface area contributed by atoms with Crippen LogP contribution in [-0.2, 0) is 9.59 Å². The van der Waals surface area contributed by atoms with Crippen molar-refractivity contribution in [1.29, 1.82) is 0 Å². The van der Waals surface area contributed by atoms with Gasteiger partial charge in [0, 0.05) is 27.9 Å². The summed E-state index contributed by atoms with van der Waals surface area (Å²) in [6.07, 6.45) is 1.26. The lowest BCUT2D eigenvalue weighted by molar-refractivity contribution is -0.385. The fourth-order valence-corrected chi connectivity index (χ4v) is 4.98. The van der Waals surface area contributed by atoms with E-state index in [9.17, 15) is 24.5 Å². The normalized spacial score (nSPS) is 10.9. The minimum Gasteiger partial charge on any atom is -0.457 e. The van der Waals surface area contributed by atoms with Gasteiger partial charge in [0.05, 0.1) is 16.2 Å². The number of nitrogens with one attached hydrogen (secondary N) is 3. The Morgan fingerprint density at radius 2 is 1.28 bits per heavy atom. The van der Waals surface area contributed by atoms with Gasteiger partial charge in [0.2, 0.25) is 5.91 Å². The number of carbonyl (C=O) groups is 3. The highest BCUT2D eigenvalue weighted by molar-refractivity contribution is 8.00. The molecular formula is C36H28N4O6S. The van der Waals surface area contributed by atoms with Crippen LogP contribution in [0.1, 0.15) is 15.9 Å². The van der Waals surface area contributed by atoms with E-state index in [0.717, 1.165) is 10.6 Å². The van der Waals surface area contributed by atoms with E-state index in [4.69, 9.17) is 4.74 Å². The first-order valence-corrected chi connectivity index (χ1v) is 15.3. The van der Waals surface area contributed by atoms with Crippen molar-refractivity contribution < 1.29 is 24.0 Å². The number of benzene rings is 5. The van der Waals surface area contributed by atoms with E-state index in [1.807, 2.05) is 30.3 Å². The van der Waals surface area contributed by atoms with Crippen LogP contribution in [-0.4, -0.2) is 28.4 Å². The van der Waals surface area contributed by atoms with E-state index in [0.29, 0.717) is 22.7 Å². The van der Waals surface area contributed by atoms with Crippen molar-refractivity contribution in [2.75, 3.05) is 16.4 Å². The topological polar surface area (TPSA) is 140 Å². The summed E-state index contributed by atoms with van der Waals surface area (Å²) in [4.78, 5) is 50.5. The Balaban J connectivity index is 1.19. The fraction of sp³-hybridized carbons (Fsp3) is 0.0278. The second-order valence-electron chi connectivity index (χ2n) is 9.95. The van der Waals surface area contributed by atoms with Crippen molar-refractivity contribution in [1.82, 2.24) is 5.32 Å². The van der Waals surface area contributed by atoms with Gasteiger partial charge in [-0.25, -0.2) is 0 Å². The van der Waals surface area contributed by atoms with Gasteiger partial charge in [0.1, 0.15) is 17.2 Å². The molecule has 47 heavy (non-hydrogen) atoms. The summed E-state index contributed by atoms with van der Waals surface area (Å²) >= 11 is 1.32. The highest BCUT2D eigenvalue weighted by Crippen LogP contribution is 2.25. The molecule has 0 aromatic heterocycles. The summed E-state index contributed by atoms with van der Waals surface area (Å²) in [5.41, 5.74) is 1.13. The Kier molecular flexibility index (Phi) is 10.7. The van der Waals surface area contributed by atoms with Crippen LogP contribution < -0.4 is 20.7 Å². The molecule has 0 spiro atoms. The Morgan fingerprint density at radius 1 is 0.702 bits per heavy atom. The maximum absolute atomic E-state index is 13.3. The van der Waals surface area contributed by atoms with Crippen LogP contribution in [0.25, 0.3) is 6.08 Å². The third-order valence-electron chi connectivity index (χ3n) is 6.56. The van der Waals surface area contributed by atoms with Crippen molar-refractivity contribution in [2.45, 2.75) is 4.90 Å². The Hall–Kier alpha value is -6.20. The first kappa shape index (κ1) is 32.2. The first-order valence-electron chi connectivity index (χ1n) is 14.3. The van der Waals surface area contributed by atoms with Crippen LogP contribution >= 0.6 is 11.8 Å². The summed E-state index contributed by atoms with van der Waals surface area (Å²) in [5, 5.41) is 19.7. The molecule has 0 heterocycles. The molecule has 5 rings (SSSR count). The minimum atomic E-state index is -0.674.